The minimum absolute atomic E-state index is 0.248. The van der Waals surface area contributed by atoms with Crippen LogP contribution in [0.25, 0.3) is 11.1 Å². The van der Waals surface area contributed by atoms with Crippen molar-refractivity contribution >= 4 is 11.1 Å². The lowest BCUT2D eigenvalue weighted by atomic mass is 10.1. The molecule has 1 aliphatic heterocycles. The maximum Gasteiger partial charge on any atom is 0.419 e. The molecule has 0 aliphatic carbocycles. The Morgan fingerprint density at radius 2 is 2.11 bits per heavy atom. The lowest BCUT2D eigenvalue weighted by molar-refractivity contribution is 0.307. The first kappa shape index (κ1) is 12.4. The van der Waals surface area contributed by atoms with E-state index >= 15 is 0 Å². The van der Waals surface area contributed by atoms with Crippen molar-refractivity contribution < 1.29 is 4.42 Å². The van der Waals surface area contributed by atoms with Gasteiger partial charge in [0, 0.05) is 32.2 Å². The molecule has 2 heterocycles. The average Bonchev–Trinajstić information content (AvgIpc) is 2.87. The van der Waals surface area contributed by atoms with Crippen LogP contribution in [0, 0.1) is 5.92 Å². The lowest BCUT2D eigenvalue weighted by Crippen LogP contribution is -2.31. The predicted molar refractivity (Wildman–Crippen MR) is 74.1 cm³/mol. The van der Waals surface area contributed by atoms with Gasteiger partial charge in [0.1, 0.15) is 0 Å². The Labute approximate surface area is 111 Å². The Hall–Kier alpha value is -1.59. The minimum atomic E-state index is -0.280. The third-order valence-electron chi connectivity index (χ3n) is 3.96. The van der Waals surface area contributed by atoms with E-state index in [9.17, 15) is 4.79 Å². The number of oxazole rings is 1. The molecule has 0 spiro atoms. The van der Waals surface area contributed by atoms with E-state index in [0.717, 1.165) is 25.2 Å². The van der Waals surface area contributed by atoms with Crippen LogP contribution in [0.1, 0.15) is 6.92 Å². The highest BCUT2D eigenvalue weighted by Gasteiger charge is 2.26. The summed E-state index contributed by atoms with van der Waals surface area (Å²) in [6.45, 7) is 5.57. The van der Waals surface area contributed by atoms with Crippen molar-refractivity contribution in [2.24, 2.45) is 11.7 Å². The van der Waals surface area contributed by atoms with Crippen molar-refractivity contribution in [2.75, 3.05) is 19.6 Å². The fourth-order valence-corrected chi connectivity index (χ4v) is 2.74. The molecular weight excluding hydrogens is 242 g/mol. The molecular formula is C14H19N3O2. The van der Waals surface area contributed by atoms with E-state index in [4.69, 9.17) is 10.2 Å². The number of likely N-dealkylation sites (tertiary alicyclic amines) is 1. The van der Waals surface area contributed by atoms with E-state index in [1.165, 1.54) is 0 Å². The second kappa shape index (κ2) is 4.83. The predicted octanol–water partition coefficient (Wildman–Crippen LogP) is 0.874. The fourth-order valence-electron chi connectivity index (χ4n) is 2.74. The first-order valence-corrected chi connectivity index (χ1v) is 6.71. The van der Waals surface area contributed by atoms with E-state index < -0.39 is 0 Å². The number of hydrogen-bond donors (Lipinski definition) is 1. The number of fused-ring (bicyclic) bond motifs is 1. The molecule has 1 aromatic carbocycles. The molecule has 0 saturated carbocycles. The molecule has 0 bridgehead atoms. The van der Waals surface area contributed by atoms with Gasteiger partial charge in [0.05, 0.1) is 5.52 Å². The molecule has 2 N–H and O–H groups in total. The maximum absolute atomic E-state index is 11.8. The van der Waals surface area contributed by atoms with Gasteiger partial charge in [0.25, 0.3) is 0 Å². The average molecular weight is 261 g/mol. The van der Waals surface area contributed by atoms with Gasteiger partial charge in [-0.05, 0) is 18.1 Å². The molecule has 1 saturated heterocycles. The van der Waals surface area contributed by atoms with Crippen LogP contribution in [0.3, 0.4) is 0 Å². The summed E-state index contributed by atoms with van der Waals surface area (Å²) in [5.74, 6) is 0.246. The van der Waals surface area contributed by atoms with Crippen molar-refractivity contribution in [3.8, 4) is 0 Å². The summed E-state index contributed by atoms with van der Waals surface area (Å²) in [6, 6.07) is 7.77. The van der Waals surface area contributed by atoms with E-state index in [-0.39, 0.29) is 11.8 Å². The van der Waals surface area contributed by atoms with Crippen molar-refractivity contribution in [3.63, 3.8) is 0 Å². The molecule has 5 nitrogen and oxygen atoms in total. The third kappa shape index (κ3) is 2.31. The summed E-state index contributed by atoms with van der Waals surface area (Å²) in [5.41, 5.74) is 7.53. The van der Waals surface area contributed by atoms with Gasteiger partial charge in [0.2, 0.25) is 0 Å². The first-order valence-electron chi connectivity index (χ1n) is 6.71. The van der Waals surface area contributed by atoms with Crippen LogP contribution in [0.5, 0.6) is 0 Å². The van der Waals surface area contributed by atoms with Crippen LogP contribution in [0.15, 0.2) is 33.5 Å². The smallest absolute Gasteiger partial charge is 0.408 e. The van der Waals surface area contributed by atoms with Crippen molar-refractivity contribution in [3.05, 3.63) is 34.8 Å². The zero-order valence-corrected chi connectivity index (χ0v) is 11.1. The van der Waals surface area contributed by atoms with Crippen LogP contribution in [0.4, 0.5) is 0 Å². The number of rotatable bonds is 3. The molecule has 19 heavy (non-hydrogen) atoms. The maximum atomic E-state index is 11.8. The van der Waals surface area contributed by atoms with E-state index in [1.54, 1.807) is 4.57 Å². The molecule has 5 heteroatoms. The molecule has 1 aliphatic rings. The monoisotopic (exact) mass is 261 g/mol. The quantitative estimate of drug-likeness (QED) is 0.890. The van der Waals surface area contributed by atoms with Crippen molar-refractivity contribution in [2.45, 2.75) is 19.5 Å². The zero-order chi connectivity index (χ0) is 13.4. The summed E-state index contributed by atoms with van der Waals surface area (Å²) >= 11 is 0. The molecule has 2 atom stereocenters. The van der Waals surface area contributed by atoms with Crippen LogP contribution in [-0.2, 0) is 6.54 Å². The topological polar surface area (TPSA) is 64.4 Å². The normalized spacial score (nSPS) is 24.3. The van der Waals surface area contributed by atoms with Crippen LogP contribution in [0.2, 0.25) is 0 Å². The van der Waals surface area contributed by atoms with Crippen molar-refractivity contribution in [1.29, 1.82) is 0 Å². The fraction of sp³-hybridized carbons (Fsp3) is 0.500. The number of aromatic nitrogens is 1. The SMILES string of the molecule is CC1CN(CCn2c(=O)oc3ccccc32)CC1N. The number of benzene rings is 1. The second-order valence-corrected chi connectivity index (χ2v) is 5.39. The standard InChI is InChI=1S/C14H19N3O2/c1-10-8-16(9-11(10)15)6-7-17-12-4-2-3-5-13(12)19-14(17)18/h2-5,10-11H,6-9,15H2,1H3. The number of nitrogens with two attached hydrogens (primary N) is 1. The highest BCUT2D eigenvalue weighted by molar-refractivity contribution is 5.72. The Morgan fingerprint density at radius 3 is 2.84 bits per heavy atom. The van der Waals surface area contributed by atoms with E-state index in [1.807, 2.05) is 24.3 Å². The van der Waals surface area contributed by atoms with Gasteiger partial charge in [-0.25, -0.2) is 4.79 Å². The molecule has 1 aromatic heterocycles. The van der Waals surface area contributed by atoms with Gasteiger partial charge in [-0.3, -0.25) is 9.47 Å². The van der Waals surface area contributed by atoms with Crippen LogP contribution < -0.4 is 11.5 Å². The van der Waals surface area contributed by atoms with Gasteiger partial charge in [0.15, 0.2) is 5.58 Å². The minimum Gasteiger partial charge on any atom is -0.408 e. The first-order chi connectivity index (χ1) is 9.15. The molecule has 0 amide bonds. The Kier molecular flexibility index (Phi) is 3.16. The molecule has 0 radical (unpaired) electrons. The Balaban J connectivity index is 1.76. The summed E-state index contributed by atoms with van der Waals surface area (Å²) in [4.78, 5) is 14.1. The van der Waals surface area contributed by atoms with Crippen LogP contribution in [-0.4, -0.2) is 35.1 Å². The number of para-hydroxylation sites is 2. The summed E-state index contributed by atoms with van der Waals surface area (Å²) in [7, 11) is 0. The molecule has 102 valence electrons. The van der Waals surface area contributed by atoms with Gasteiger partial charge < -0.3 is 10.2 Å². The summed E-state index contributed by atoms with van der Waals surface area (Å²) in [6.07, 6.45) is 0. The second-order valence-electron chi connectivity index (χ2n) is 5.39. The Morgan fingerprint density at radius 1 is 1.32 bits per heavy atom. The summed E-state index contributed by atoms with van der Waals surface area (Å²) in [5, 5.41) is 0. The van der Waals surface area contributed by atoms with Crippen LogP contribution >= 0.6 is 0 Å². The highest BCUT2D eigenvalue weighted by atomic mass is 16.4. The van der Waals surface area contributed by atoms with Gasteiger partial charge >= 0.3 is 5.76 Å². The number of hydrogen-bond acceptors (Lipinski definition) is 4. The van der Waals surface area contributed by atoms with E-state index in [2.05, 4.69) is 11.8 Å². The lowest BCUT2D eigenvalue weighted by Gasteiger charge is -2.14. The van der Waals surface area contributed by atoms with Gasteiger partial charge in [-0.15, -0.1) is 0 Å². The van der Waals surface area contributed by atoms with Gasteiger partial charge in [-0.1, -0.05) is 19.1 Å². The number of nitrogens with zero attached hydrogens (tertiary/aromatic N) is 2. The van der Waals surface area contributed by atoms with E-state index in [0.29, 0.717) is 18.0 Å². The third-order valence-corrected chi connectivity index (χ3v) is 3.96. The summed E-state index contributed by atoms with van der Waals surface area (Å²) < 4.78 is 6.92. The molecule has 2 unspecified atom stereocenters. The van der Waals surface area contributed by atoms with Crippen molar-refractivity contribution in [1.82, 2.24) is 9.47 Å². The zero-order valence-electron chi connectivity index (χ0n) is 11.1. The van der Waals surface area contributed by atoms with Gasteiger partial charge in [-0.2, -0.15) is 0 Å². The molecule has 1 fully saturated rings. The Bertz CT molecular complexity index is 621. The molecule has 2 aromatic rings. The highest BCUT2D eigenvalue weighted by Crippen LogP contribution is 2.15. The molecule has 3 rings (SSSR count). The largest absolute Gasteiger partial charge is 0.419 e.